The molecular weight excluding hydrogens is 295 g/mol. The normalized spacial score (nSPS) is 26.0. The fraction of sp³-hybridized carbons (Fsp3) is 0.308. The van der Waals surface area contributed by atoms with Crippen molar-refractivity contribution in [2.75, 3.05) is 0 Å². The summed E-state index contributed by atoms with van der Waals surface area (Å²) >= 11 is 0. The van der Waals surface area contributed by atoms with E-state index in [2.05, 4.69) is 10.6 Å². The summed E-state index contributed by atoms with van der Waals surface area (Å²) in [5, 5.41) is 4.65. The fourth-order valence-electron chi connectivity index (χ4n) is 2.82. The van der Waals surface area contributed by atoms with Gasteiger partial charge in [0.15, 0.2) is 5.54 Å². The fourth-order valence-corrected chi connectivity index (χ4v) is 2.82. The van der Waals surface area contributed by atoms with E-state index in [9.17, 15) is 18.8 Å². The van der Waals surface area contributed by atoms with Crippen LogP contribution < -0.4 is 26.6 Å². The number of carbonyl (C=O) groups is 3. The second-order valence-electron chi connectivity index (χ2n) is 5.17. The molecule has 8 nitrogen and oxygen atoms in total. The third kappa shape index (κ3) is 2.15. The number of urea groups is 1. The minimum absolute atomic E-state index is 0.00551. The molecule has 2 heterocycles. The van der Waals surface area contributed by atoms with Crippen molar-refractivity contribution in [3.63, 3.8) is 0 Å². The first-order valence-corrected chi connectivity index (χ1v) is 6.54. The van der Waals surface area contributed by atoms with Gasteiger partial charge in [-0.15, -0.1) is 0 Å². The maximum Gasteiger partial charge on any atom is 0.322 e. The molecule has 1 aromatic carbocycles. The van der Waals surface area contributed by atoms with Crippen molar-refractivity contribution in [1.82, 2.24) is 16.1 Å². The molecule has 1 fully saturated rings. The predicted octanol–water partition coefficient (Wildman–Crippen LogP) is -0.608. The summed E-state index contributed by atoms with van der Waals surface area (Å²) in [6, 6.07) is 2.99. The molecule has 5 N–H and O–H groups in total. The molecular formula is C13H13FN4O4. The second kappa shape index (κ2) is 4.95. The van der Waals surface area contributed by atoms with Crippen LogP contribution in [0.5, 0.6) is 5.75 Å². The van der Waals surface area contributed by atoms with Gasteiger partial charge in [0.2, 0.25) is 5.91 Å². The molecule has 0 aliphatic carbocycles. The van der Waals surface area contributed by atoms with Crippen LogP contribution in [0.4, 0.5) is 9.18 Å². The molecule has 0 bridgehead atoms. The van der Waals surface area contributed by atoms with Crippen molar-refractivity contribution < 1.29 is 23.5 Å². The Bertz CT molecular complexity index is 680. The Morgan fingerprint density at radius 2 is 2.27 bits per heavy atom. The van der Waals surface area contributed by atoms with Gasteiger partial charge in [0.05, 0.1) is 6.42 Å². The summed E-state index contributed by atoms with van der Waals surface area (Å²) in [4.78, 5) is 35.2. The largest absolute Gasteiger partial charge is 0.489 e. The van der Waals surface area contributed by atoms with Gasteiger partial charge in [-0.2, -0.15) is 0 Å². The average Bonchev–Trinajstić information content (AvgIpc) is 2.74. The average molecular weight is 308 g/mol. The number of fused-ring (bicyclic) bond motifs is 2. The van der Waals surface area contributed by atoms with E-state index in [0.29, 0.717) is 0 Å². The Balaban J connectivity index is 2.04. The van der Waals surface area contributed by atoms with Gasteiger partial charge < -0.3 is 10.1 Å². The molecule has 0 radical (unpaired) electrons. The smallest absolute Gasteiger partial charge is 0.322 e. The lowest BCUT2D eigenvalue weighted by atomic mass is 9.81. The Labute approximate surface area is 124 Å². The van der Waals surface area contributed by atoms with Gasteiger partial charge in [-0.1, -0.05) is 0 Å². The zero-order chi connectivity index (χ0) is 15.9. The van der Waals surface area contributed by atoms with Crippen LogP contribution in [0.3, 0.4) is 0 Å². The quantitative estimate of drug-likeness (QED) is 0.251. The molecule has 3 rings (SSSR count). The van der Waals surface area contributed by atoms with Crippen molar-refractivity contribution in [2.24, 2.45) is 5.84 Å². The molecule has 0 aromatic heterocycles. The lowest BCUT2D eigenvalue weighted by Crippen LogP contribution is -2.51. The molecule has 4 amide bonds. The van der Waals surface area contributed by atoms with E-state index >= 15 is 0 Å². The molecule has 0 saturated carbocycles. The number of nitrogens with one attached hydrogen (secondary N) is 3. The lowest BCUT2D eigenvalue weighted by molar-refractivity contribution is -0.128. The molecule has 9 heteroatoms. The van der Waals surface area contributed by atoms with Crippen molar-refractivity contribution in [3.05, 3.63) is 29.6 Å². The Kier molecular flexibility index (Phi) is 3.21. The standard InChI is InChI=1S/C13H13FN4O4/c14-6-1-2-9-8(3-6)13(11(20)16-12(21)17-13)5-7(22-9)4-10(19)18-15/h1-3,7H,4-5,15H2,(H,18,19)(H2,16,17,20,21)/t7-,13+/m1/s1. The van der Waals surface area contributed by atoms with Gasteiger partial charge in [-0.3, -0.25) is 20.3 Å². The van der Waals surface area contributed by atoms with Crippen LogP contribution in [-0.4, -0.2) is 23.9 Å². The second-order valence-corrected chi connectivity index (χ2v) is 5.17. The zero-order valence-corrected chi connectivity index (χ0v) is 11.3. The van der Waals surface area contributed by atoms with E-state index in [1.165, 1.54) is 12.1 Å². The number of hydrogen-bond donors (Lipinski definition) is 4. The van der Waals surface area contributed by atoms with E-state index in [-0.39, 0.29) is 24.2 Å². The van der Waals surface area contributed by atoms with Gasteiger partial charge in [0.1, 0.15) is 17.7 Å². The van der Waals surface area contributed by atoms with Crippen LogP contribution in [0.15, 0.2) is 18.2 Å². The van der Waals surface area contributed by atoms with Crippen LogP contribution in [0, 0.1) is 5.82 Å². The number of ether oxygens (including phenoxy) is 1. The molecule has 1 aromatic rings. The number of imide groups is 1. The van der Waals surface area contributed by atoms with Crippen molar-refractivity contribution in [2.45, 2.75) is 24.5 Å². The topological polar surface area (TPSA) is 123 Å². The van der Waals surface area contributed by atoms with Crippen LogP contribution in [-0.2, 0) is 15.1 Å². The van der Waals surface area contributed by atoms with E-state index in [0.717, 1.165) is 6.07 Å². The maximum absolute atomic E-state index is 13.5. The van der Waals surface area contributed by atoms with E-state index in [1.54, 1.807) is 0 Å². The summed E-state index contributed by atoms with van der Waals surface area (Å²) in [5.41, 5.74) is 0.748. The molecule has 2 atom stereocenters. The summed E-state index contributed by atoms with van der Waals surface area (Å²) in [6.07, 6.45) is -0.794. The molecule has 0 unspecified atom stereocenters. The Morgan fingerprint density at radius 3 is 2.91 bits per heavy atom. The summed E-state index contributed by atoms with van der Waals surface area (Å²) < 4.78 is 19.2. The third-order valence-corrected chi connectivity index (χ3v) is 3.74. The number of rotatable bonds is 2. The molecule has 2 aliphatic rings. The number of benzene rings is 1. The van der Waals surface area contributed by atoms with Crippen LogP contribution in [0.2, 0.25) is 0 Å². The molecule has 1 saturated heterocycles. The van der Waals surface area contributed by atoms with Gasteiger partial charge in [-0.05, 0) is 18.2 Å². The number of hydrazine groups is 1. The van der Waals surface area contributed by atoms with E-state index < -0.39 is 35.3 Å². The number of carbonyl (C=O) groups excluding carboxylic acids is 3. The van der Waals surface area contributed by atoms with Crippen molar-refractivity contribution in [3.8, 4) is 5.75 Å². The number of hydrogen-bond acceptors (Lipinski definition) is 5. The van der Waals surface area contributed by atoms with E-state index in [1.807, 2.05) is 5.43 Å². The van der Waals surface area contributed by atoms with Crippen molar-refractivity contribution >= 4 is 17.8 Å². The maximum atomic E-state index is 13.5. The zero-order valence-electron chi connectivity index (χ0n) is 11.3. The monoisotopic (exact) mass is 308 g/mol. The summed E-state index contributed by atoms with van der Waals surface area (Å²) in [7, 11) is 0. The minimum atomic E-state index is -1.45. The Hall–Kier alpha value is -2.68. The highest BCUT2D eigenvalue weighted by Gasteiger charge is 2.53. The molecule has 2 aliphatic heterocycles. The first kappa shape index (κ1) is 14.3. The SMILES string of the molecule is NNC(=O)C[C@@H]1C[C@]2(NC(=O)NC2=O)c2cc(F)ccc2O1. The van der Waals surface area contributed by atoms with E-state index in [4.69, 9.17) is 10.6 Å². The lowest BCUT2D eigenvalue weighted by Gasteiger charge is -2.37. The highest BCUT2D eigenvalue weighted by atomic mass is 19.1. The molecule has 22 heavy (non-hydrogen) atoms. The van der Waals surface area contributed by atoms with Crippen molar-refractivity contribution in [1.29, 1.82) is 0 Å². The first-order valence-electron chi connectivity index (χ1n) is 6.54. The predicted molar refractivity (Wildman–Crippen MR) is 70.7 cm³/mol. The van der Waals surface area contributed by atoms with Gasteiger partial charge >= 0.3 is 6.03 Å². The first-order chi connectivity index (χ1) is 10.4. The molecule has 116 valence electrons. The van der Waals surface area contributed by atoms with Gasteiger partial charge in [-0.25, -0.2) is 15.0 Å². The summed E-state index contributed by atoms with van der Waals surface area (Å²) in [5.74, 6) is 3.64. The highest BCUT2D eigenvalue weighted by Crippen LogP contribution is 2.42. The van der Waals surface area contributed by atoms with Crippen LogP contribution in [0.25, 0.3) is 0 Å². The third-order valence-electron chi connectivity index (χ3n) is 3.74. The van der Waals surface area contributed by atoms with Crippen LogP contribution >= 0.6 is 0 Å². The highest BCUT2D eigenvalue weighted by molar-refractivity contribution is 6.08. The number of amides is 4. The Morgan fingerprint density at radius 1 is 1.50 bits per heavy atom. The van der Waals surface area contributed by atoms with Gasteiger partial charge in [0.25, 0.3) is 5.91 Å². The number of nitrogens with two attached hydrogens (primary N) is 1. The molecule has 1 spiro atoms. The van der Waals surface area contributed by atoms with Crippen LogP contribution in [0.1, 0.15) is 18.4 Å². The number of halogens is 1. The summed E-state index contributed by atoms with van der Waals surface area (Å²) in [6.45, 7) is 0. The minimum Gasteiger partial charge on any atom is -0.489 e. The van der Waals surface area contributed by atoms with Gasteiger partial charge in [0, 0.05) is 12.0 Å².